The molecule has 23 heavy (non-hydrogen) atoms. The summed E-state index contributed by atoms with van der Waals surface area (Å²) in [6.45, 7) is 5.98. The van der Waals surface area contributed by atoms with Crippen LogP contribution in [0.3, 0.4) is 0 Å². The molecular weight excluding hydrogens is 297 g/mol. The largest absolute Gasteiger partial charge is 0.491 e. The number of hydrogen-bond acceptors (Lipinski definition) is 4. The van der Waals surface area contributed by atoms with Gasteiger partial charge in [-0.2, -0.15) is 0 Å². The third-order valence-electron chi connectivity index (χ3n) is 5.16. The molecule has 0 amide bonds. The normalized spacial score (nSPS) is 30.2. The summed E-state index contributed by atoms with van der Waals surface area (Å²) in [7, 11) is 0. The number of ether oxygens (including phenoxy) is 2. The van der Waals surface area contributed by atoms with Gasteiger partial charge in [-0.05, 0) is 37.1 Å². The lowest BCUT2D eigenvalue weighted by Crippen LogP contribution is -2.69. The lowest BCUT2D eigenvalue weighted by molar-refractivity contribution is -0.193. The Morgan fingerprint density at radius 3 is 2.87 bits per heavy atom. The van der Waals surface area contributed by atoms with Crippen molar-refractivity contribution in [1.29, 1.82) is 0 Å². The van der Waals surface area contributed by atoms with Crippen LogP contribution in [0.15, 0.2) is 24.3 Å². The molecule has 128 valence electrons. The Balaban J connectivity index is 1.43. The second-order valence-electron chi connectivity index (χ2n) is 7.22. The summed E-state index contributed by atoms with van der Waals surface area (Å²) < 4.78 is 24.2. The van der Waals surface area contributed by atoms with Crippen LogP contribution in [0.4, 0.5) is 4.39 Å². The minimum Gasteiger partial charge on any atom is -0.491 e. The second-order valence-corrected chi connectivity index (χ2v) is 7.22. The number of halogens is 1. The van der Waals surface area contributed by atoms with Crippen molar-refractivity contribution in [3.8, 4) is 5.75 Å². The fourth-order valence-corrected chi connectivity index (χ4v) is 3.98. The van der Waals surface area contributed by atoms with Gasteiger partial charge in [-0.15, -0.1) is 0 Å². The first-order valence-corrected chi connectivity index (χ1v) is 8.40. The molecule has 3 rings (SSSR count). The van der Waals surface area contributed by atoms with Crippen molar-refractivity contribution in [2.75, 3.05) is 19.8 Å². The summed E-state index contributed by atoms with van der Waals surface area (Å²) in [6.07, 6.45) is 2.04. The standard InChI is InChI=1S/C18H26FNO3/c1-18(2)16(15-4-3-9-22-17(15)18)20-10-13(21)11-23-14-7-5-12(19)6-8-14/h5-8,13,15-17,20-21H,3-4,9-11H2,1-2H3/t13-,15-,16+,17+/m0/s1. The van der Waals surface area contributed by atoms with Crippen molar-refractivity contribution in [3.05, 3.63) is 30.1 Å². The third-order valence-corrected chi connectivity index (χ3v) is 5.16. The van der Waals surface area contributed by atoms with E-state index >= 15 is 0 Å². The summed E-state index contributed by atoms with van der Waals surface area (Å²) in [5.74, 6) is 0.815. The van der Waals surface area contributed by atoms with Crippen LogP contribution in [0, 0.1) is 17.2 Å². The third kappa shape index (κ3) is 3.52. The van der Waals surface area contributed by atoms with Gasteiger partial charge in [0.05, 0.1) is 6.10 Å². The maximum atomic E-state index is 12.8. The topological polar surface area (TPSA) is 50.7 Å². The Labute approximate surface area is 137 Å². The van der Waals surface area contributed by atoms with Gasteiger partial charge in [-0.3, -0.25) is 0 Å². The highest BCUT2D eigenvalue weighted by Crippen LogP contribution is 2.51. The summed E-state index contributed by atoms with van der Waals surface area (Å²) in [6, 6.07) is 6.19. The van der Waals surface area contributed by atoms with Crippen LogP contribution >= 0.6 is 0 Å². The maximum absolute atomic E-state index is 12.8. The molecule has 0 unspecified atom stereocenters. The zero-order valence-electron chi connectivity index (χ0n) is 13.8. The van der Waals surface area contributed by atoms with Gasteiger partial charge in [0.1, 0.15) is 24.3 Å². The number of fused-ring (bicyclic) bond motifs is 1. The van der Waals surface area contributed by atoms with Gasteiger partial charge < -0.3 is 19.9 Å². The molecule has 2 aliphatic rings. The Morgan fingerprint density at radius 1 is 1.39 bits per heavy atom. The Hall–Kier alpha value is -1.17. The van der Waals surface area contributed by atoms with E-state index in [0.29, 0.717) is 30.4 Å². The molecule has 1 saturated heterocycles. The average molecular weight is 323 g/mol. The summed E-state index contributed by atoms with van der Waals surface area (Å²) in [4.78, 5) is 0. The SMILES string of the molecule is CC1(C)[C@H](NC[C@H](O)COc2ccc(F)cc2)[C@@H]2CCCO[C@H]21. The lowest BCUT2D eigenvalue weighted by atomic mass is 9.55. The van der Waals surface area contributed by atoms with Gasteiger partial charge >= 0.3 is 0 Å². The number of hydrogen-bond donors (Lipinski definition) is 2. The molecule has 2 N–H and O–H groups in total. The van der Waals surface area contributed by atoms with Crippen LogP contribution in [0.25, 0.3) is 0 Å². The summed E-state index contributed by atoms with van der Waals surface area (Å²) in [5, 5.41) is 13.6. The fourth-order valence-electron chi connectivity index (χ4n) is 3.98. The van der Waals surface area contributed by atoms with Gasteiger partial charge in [0.25, 0.3) is 0 Å². The molecule has 1 aliphatic carbocycles. The highest BCUT2D eigenvalue weighted by Gasteiger charge is 2.57. The van der Waals surface area contributed by atoms with E-state index in [2.05, 4.69) is 19.2 Å². The van der Waals surface area contributed by atoms with Crippen molar-refractivity contribution in [3.63, 3.8) is 0 Å². The number of nitrogens with one attached hydrogen (secondary N) is 1. The highest BCUT2D eigenvalue weighted by molar-refractivity contribution is 5.22. The molecule has 4 atom stereocenters. The molecule has 0 bridgehead atoms. The van der Waals surface area contributed by atoms with Crippen LogP contribution in [0.1, 0.15) is 26.7 Å². The predicted molar refractivity (Wildman–Crippen MR) is 85.9 cm³/mol. The molecule has 1 heterocycles. The van der Waals surface area contributed by atoms with E-state index in [1.165, 1.54) is 18.6 Å². The van der Waals surface area contributed by atoms with Crippen molar-refractivity contribution in [2.24, 2.45) is 11.3 Å². The van der Waals surface area contributed by atoms with Gasteiger partial charge in [-0.1, -0.05) is 13.8 Å². The van der Waals surface area contributed by atoms with E-state index in [9.17, 15) is 9.50 Å². The van der Waals surface area contributed by atoms with Gasteiger partial charge in [0, 0.05) is 30.5 Å². The minimum absolute atomic E-state index is 0.0998. The summed E-state index contributed by atoms with van der Waals surface area (Å²) in [5.41, 5.74) is 0.0998. The molecule has 0 spiro atoms. The zero-order chi connectivity index (χ0) is 16.4. The van der Waals surface area contributed by atoms with Gasteiger partial charge in [0.15, 0.2) is 0 Å². The Kier molecular flexibility index (Phi) is 4.90. The van der Waals surface area contributed by atoms with E-state index in [0.717, 1.165) is 13.0 Å². The minimum atomic E-state index is -0.598. The van der Waals surface area contributed by atoms with Crippen LogP contribution in [-0.4, -0.2) is 43.1 Å². The van der Waals surface area contributed by atoms with Crippen LogP contribution in [0.2, 0.25) is 0 Å². The Bertz CT molecular complexity index is 520. The van der Waals surface area contributed by atoms with E-state index in [-0.39, 0.29) is 17.8 Å². The van der Waals surface area contributed by atoms with Gasteiger partial charge in [0.2, 0.25) is 0 Å². The van der Waals surface area contributed by atoms with Crippen molar-refractivity contribution >= 4 is 0 Å². The number of rotatable bonds is 6. The molecule has 5 heteroatoms. The first-order valence-electron chi connectivity index (χ1n) is 8.40. The molecule has 0 radical (unpaired) electrons. The smallest absolute Gasteiger partial charge is 0.123 e. The average Bonchev–Trinajstić information content (AvgIpc) is 2.54. The molecule has 4 nitrogen and oxygen atoms in total. The van der Waals surface area contributed by atoms with Crippen LogP contribution in [-0.2, 0) is 4.74 Å². The van der Waals surface area contributed by atoms with Crippen LogP contribution in [0.5, 0.6) is 5.75 Å². The molecule has 1 saturated carbocycles. The van der Waals surface area contributed by atoms with E-state index in [1.54, 1.807) is 12.1 Å². The molecule has 1 aromatic carbocycles. The molecule has 0 aromatic heterocycles. The van der Waals surface area contributed by atoms with Crippen molar-refractivity contribution in [2.45, 2.75) is 44.9 Å². The van der Waals surface area contributed by atoms with E-state index < -0.39 is 6.10 Å². The quantitative estimate of drug-likeness (QED) is 0.844. The lowest BCUT2D eigenvalue weighted by Gasteiger charge is -2.60. The van der Waals surface area contributed by atoms with Crippen LogP contribution < -0.4 is 10.1 Å². The first-order chi connectivity index (χ1) is 11.0. The monoisotopic (exact) mass is 323 g/mol. The molecule has 2 fully saturated rings. The highest BCUT2D eigenvalue weighted by atomic mass is 19.1. The fraction of sp³-hybridized carbons (Fsp3) is 0.667. The Morgan fingerprint density at radius 2 is 2.13 bits per heavy atom. The molecule has 1 aromatic rings. The molecule has 1 aliphatic heterocycles. The van der Waals surface area contributed by atoms with E-state index in [1.807, 2.05) is 0 Å². The number of aliphatic hydroxyl groups is 1. The van der Waals surface area contributed by atoms with E-state index in [4.69, 9.17) is 9.47 Å². The van der Waals surface area contributed by atoms with Gasteiger partial charge in [-0.25, -0.2) is 4.39 Å². The first kappa shape index (κ1) is 16.7. The summed E-state index contributed by atoms with van der Waals surface area (Å²) >= 11 is 0. The van der Waals surface area contributed by atoms with Crippen molar-refractivity contribution in [1.82, 2.24) is 5.32 Å². The van der Waals surface area contributed by atoms with Crippen molar-refractivity contribution < 1.29 is 19.0 Å². The number of benzene rings is 1. The zero-order valence-corrected chi connectivity index (χ0v) is 13.8. The number of aliphatic hydroxyl groups excluding tert-OH is 1. The molecular formula is C18H26FNO3. The predicted octanol–water partition coefficient (Wildman–Crippen LogP) is 2.36. The maximum Gasteiger partial charge on any atom is 0.123 e. The second kappa shape index (κ2) is 6.75.